The molecule has 1 amide bonds. The first-order chi connectivity index (χ1) is 16.2. The second kappa shape index (κ2) is 10.5. The van der Waals surface area contributed by atoms with E-state index in [1.807, 2.05) is 42.5 Å². The highest BCUT2D eigenvalue weighted by Crippen LogP contribution is 2.28. The molecule has 0 atom stereocenters. The molecular weight excluding hydrogens is 439 g/mol. The molecule has 0 aliphatic carbocycles. The van der Waals surface area contributed by atoms with Gasteiger partial charge in [0.1, 0.15) is 5.82 Å². The largest absolute Gasteiger partial charge is 0.311 e. The van der Waals surface area contributed by atoms with Crippen LogP contribution in [0.25, 0.3) is 17.1 Å². The summed E-state index contributed by atoms with van der Waals surface area (Å²) in [4.78, 5) is 18.7. The van der Waals surface area contributed by atoms with Gasteiger partial charge in [0.05, 0.1) is 18.2 Å². The van der Waals surface area contributed by atoms with Crippen LogP contribution in [0.3, 0.4) is 0 Å². The van der Waals surface area contributed by atoms with Crippen molar-refractivity contribution in [3.05, 3.63) is 84.9 Å². The second-order valence-corrected chi connectivity index (χ2v) is 7.87. The minimum absolute atomic E-state index is 0.0933. The molecule has 0 saturated heterocycles. The average molecular weight is 459 g/mol. The van der Waals surface area contributed by atoms with Crippen molar-refractivity contribution < 1.29 is 9.18 Å². The van der Waals surface area contributed by atoms with Crippen LogP contribution in [-0.2, 0) is 4.79 Å². The van der Waals surface area contributed by atoms with Crippen molar-refractivity contribution >= 4 is 23.4 Å². The molecule has 33 heavy (non-hydrogen) atoms. The third-order valence-corrected chi connectivity index (χ3v) is 5.71. The monoisotopic (exact) mass is 458 g/mol. The van der Waals surface area contributed by atoms with E-state index in [9.17, 15) is 9.18 Å². The zero-order valence-corrected chi connectivity index (χ0v) is 18.3. The molecule has 0 N–H and O–H groups in total. The van der Waals surface area contributed by atoms with Crippen molar-refractivity contribution in [2.75, 3.05) is 17.2 Å². The molecule has 4 aromatic rings. The number of carbonyl (C=O) groups excluding carboxylic acids is 1. The molecule has 0 unspecified atom stereocenters. The normalized spacial score (nSPS) is 10.5. The van der Waals surface area contributed by atoms with E-state index in [2.05, 4.69) is 21.3 Å². The molecule has 0 saturated carbocycles. The molecule has 7 nitrogen and oxygen atoms in total. The van der Waals surface area contributed by atoms with E-state index >= 15 is 0 Å². The van der Waals surface area contributed by atoms with Gasteiger partial charge in [0, 0.05) is 35.9 Å². The van der Waals surface area contributed by atoms with Gasteiger partial charge in [-0.05, 0) is 48.5 Å². The van der Waals surface area contributed by atoms with Gasteiger partial charge in [-0.25, -0.2) is 4.39 Å². The van der Waals surface area contributed by atoms with Crippen LogP contribution in [0.4, 0.5) is 10.1 Å². The Bertz CT molecular complexity index is 1260. The summed E-state index contributed by atoms with van der Waals surface area (Å²) in [6.07, 6.45) is 3.54. The van der Waals surface area contributed by atoms with Crippen LogP contribution < -0.4 is 4.90 Å². The zero-order chi connectivity index (χ0) is 23.0. The van der Waals surface area contributed by atoms with Crippen molar-refractivity contribution in [3.8, 4) is 23.1 Å². The number of nitriles is 1. The number of anilines is 1. The Hall–Kier alpha value is -4.03. The number of pyridine rings is 1. The number of amides is 1. The highest BCUT2D eigenvalue weighted by Gasteiger charge is 2.20. The van der Waals surface area contributed by atoms with E-state index in [-0.39, 0.29) is 23.9 Å². The van der Waals surface area contributed by atoms with Gasteiger partial charge < -0.3 is 4.90 Å². The van der Waals surface area contributed by atoms with Crippen LogP contribution in [-0.4, -0.2) is 38.0 Å². The molecule has 0 fully saturated rings. The summed E-state index contributed by atoms with van der Waals surface area (Å²) in [6.45, 7) is 0.298. The Morgan fingerprint density at radius 1 is 1.03 bits per heavy atom. The summed E-state index contributed by atoms with van der Waals surface area (Å²) in [5, 5.41) is 18.1. The van der Waals surface area contributed by atoms with Gasteiger partial charge in [0.2, 0.25) is 5.91 Å². The third kappa shape index (κ3) is 5.25. The van der Waals surface area contributed by atoms with Crippen molar-refractivity contribution in [1.82, 2.24) is 19.7 Å². The predicted molar refractivity (Wildman–Crippen MR) is 124 cm³/mol. The van der Waals surface area contributed by atoms with Crippen LogP contribution in [0.2, 0.25) is 0 Å². The van der Waals surface area contributed by atoms with Gasteiger partial charge in [-0.3, -0.25) is 14.3 Å². The molecule has 4 rings (SSSR count). The maximum atomic E-state index is 13.5. The van der Waals surface area contributed by atoms with Crippen LogP contribution in [0.5, 0.6) is 0 Å². The Balaban J connectivity index is 1.62. The fraction of sp³-hybridized carbons (Fsp3) is 0.125. The topological polar surface area (TPSA) is 87.7 Å². The summed E-state index contributed by atoms with van der Waals surface area (Å²) >= 11 is 1.23. The lowest BCUT2D eigenvalue weighted by Crippen LogP contribution is -2.33. The molecule has 0 bridgehead atoms. The van der Waals surface area contributed by atoms with Crippen LogP contribution in [0, 0.1) is 17.1 Å². The van der Waals surface area contributed by atoms with Gasteiger partial charge in [-0.15, -0.1) is 10.2 Å². The average Bonchev–Trinajstić information content (AvgIpc) is 3.28. The Labute approximate surface area is 194 Å². The number of aromatic nitrogens is 4. The van der Waals surface area contributed by atoms with E-state index in [1.54, 1.807) is 34.0 Å². The Morgan fingerprint density at radius 3 is 2.45 bits per heavy atom. The van der Waals surface area contributed by atoms with Gasteiger partial charge >= 0.3 is 0 Å². The van der Waals surface area contributed by atoms with Gasteiger partial charge in [0.25, 0.3) is 0 Å². The maximum Gasteiger partial charge on any atom is 0.237 e. The number of thioether (sulfide) groups is 1. The van der Waals surface area contributed by atoms with Crippen molar-refractivity contribution in [2.45, 2.75) is 11.6 Å². The Kier molecular flexibility index (Phi) is 7.07. The molecule has 2 heterocycles. The minimum Gasteiger partial charge on any atom is -0.311 e. The number of carbonyl (C=O) groups is 1. The fourth-order valence-corrected chi connectivity index (χ4v) is 4.07. The summed E-state index contributed by atoms with van der Waals surface area (Å²) in [5.41, 5.74) is 2.20. The minimum atomic E-state index is -0.349. The number of hydrogen-bond donors (Lipinski definition) is 0. The quantitative estimate of drug-likeness (QED) is 0.361. The fourth-order valence-electron chi connectivity index (χ4n) is 3.25. The van der Waals surface area contributed by atoms with Gasteiger partial charge in [-0.1, -0.05) is 30.0 Å². The number of benzene rings is 2. The number of hydrogen-bond acceptors (Lipinski definition) is 6. The van der Waals surface area contributed by atoms with Crippen LogP contribution in [0.15, 0.2) is 84.3 Å². The molecular formula is C24H19FN6OS. The maximum absolute atomic E-state index is 13.5. The first-order valence-corrected chi connectivity index (χ1v) is 11.1. The highest BCUT2D eigenvalue weighted by atomic mass is 32.2. The third-order valence-electron chi connectivity index (χ3n) is 4.80. The standard InChI is InChI=1S/C24H19FN6OS/c25-19-7-9-21(10-8-19)31-23(18-11-14-27-15-12-18)28-29-24(31)33-17-22(32)30(16-4-13-26)20-5-2-1-3-6-20/h1-3,5-12,14-15H,4,16-17H2. The lowest BCUT2D eigenvalue weighted by atomic mass is 10.2. The van der Waals surface area contributed by atoms with Gasteiger partial charge in [0.15, 0.2) is 11.0 Å². The van der Waals surface area contributed by atoms with Crippen LogP contribution in [0.1, 0.15) is 6.42 Å². The molecule has 164 valence electrons. The predicted octanol–water partition coefficient (Wildman–Crippen LogP) is 4.51. The van der Waals surface area contributed by atoms with E-state index < -0.39 is 0 Å². The zero-order valence-electron chi connectivity index (χ0n) is 17.5. The molecule has 0 radical (unpaired) electrons. The molecule has 9 heteroatoms. The van der Waals surface area contributed by atoms with E-state index in [0.29, 0.717) is 23.2 Å². The molecule has 0 aliphatic rings. The van der Waals surface area contributed by atoms with Gasteiger partial charge in [-0.2, -0.15) is 5.26 Å². The lowest BCUT2D eigenvalue weighted by molar-refractivity contribution is -0.116. The van der Waals surface area contributed by atoms with Crippen molar-refractivity contribution in [3.63, 3.8) is 0 Å². The number of rotatable bonds is 8. The highest BCUT2D eigenvalue weighted by molar-refractivity contribution is 7.99. The molecule has 0 spiro atoms. The number of nitrogens with zero attached hydrogens (tertiary/aromatic N) is 6. The van der Waals surface area contributed by atoms with Crippen molar-refractivity contribution in [1.29, 1.82) is 5.26 Å². The first kappa shape index (κ1) is 22.2. The van der Waals surface area contributed by atoms with Crippen molar-refractivity contribution in [2.24, 2.45) is 0 Å². The molecule has 2 aromatic carbocycles. The smallest absolute Gasteiger partial charge is 0.237 e. The second-order valence-electron chi connectivity index (χ2n) is 6.93. The van der Waals surface area contributed by atoms with E-state index in [4.69, 9.17) is 5.26 Å². The number of para-hydroxylation sites is 1. The Morgan fingerprint density at radius 2 is 1.76 bits per heavy atom. The molecule has 0 aliphatic heterocycles. The summed E-state index contributed by atoms with van der Waals surface area (Å²) in [6, 6.07) is 21.0. The lowest BCUT2D eigenvalue weighted by Gasteiger charge is -2.21. The first-order valence-electron chi connectivity index (χ1n) is 10.1. The van der Waals surface area contributed by atoms with Crippen LogP contribution >= 0.6 is 11.8 Å². The summed E-state index contributed by atoms with van der Waals surface area (Å²) < 4.78 is 15.3. The number of halogens is 1. The summed E-state index contributed by atoms with van der Waals surface area (Å²) in [5.74, 6) is 0.150. The molecule has 2 aromatic heterocycles. The summed E-state index contributed by atoms with van der Waals surface area (Å²) in [7, 11) is 0. The van der Waals surface area contributed by atoms with E-state index in [0.717, 1.165) is 11.3 Å². The SMILES string of the molecule is N#CCCN(C(=O)CSc1nnc(-c2ccncc2)n1-c1ccc(F)cc1)c1ccccc1. The van der Waals surface area contributed by atoms with E-state index in [1.165, 1.54) is 23.9 Å².